The van der Waals surface area contributed by atoms with Gasteiger partial charge in [-0.1, -0.05) is 6.92 Å². The van der Waals surface area contributed by atoms with E-state index in [0.29, 0.717) is 6.42 Å². The molecule has 100 valence electrons. The molecule has 2 heterocycles. The molecule has 1 fully saturated rings. The predicted octanol–water partition coefficient (Wildman–Crippen LogP) is -1.04. The second-order valence-electron chi connectivity index (χ2n) is 4.62. The lowest BCUT2D eigenvalue weighted by Crippen LogP contribution is -2.46. The zero-order valence-electron chi connectivity index (χ0n) is 10.2. The van der Waals surface area contributed by atoms with Gasteiger partial charge in [-0.15, -0.1) is 0 Å². The van der Waals surface area contributed by atoms with Gasteiger partial charge < -0.3 is 14.9 Å². The summed E-state index contributed by atoms with van der Waals surface area (Å²) in [5, 5.41) is 20.2. The largest absolute Gasteiger partial charge is 0.387 e. The first-order chi connectivity index (χ1) is 8.37. The van der Waals surface area contributed by atoms with Gasteiger partial charge in [0.15, 0.2) is 6.23 Å². The number of ether oxygens (including phenoxy) is 1. The number of aromatic amines is 1. The normalized spacial score (nSPS) is 35.9. The quantitative estimate of drug-likeness (QED) is 0.626. The summed E-state index contributed by atoms with van der Waals surface area (Å²) in [6, 6.07) is 1.16. The first-order valence-electron chi connectivity index (χ1n) is 5.75. The number of hydrogen-bond donors (Lipinski definition) is 3. The number of nitrogens with one attached hydrogen (secondary N) is 1. The van der Waals surface area contributed by atoms with Crippen LogP contribution in [0.25, 0.3) is 0 Å². The third-order valence-electron chi connectivity index (χ3n) is 3.26. The summed E-state index contributed by atoms with van der Waals surface area (Å²) < 4.78 is 6.56. The number of rotatable bonds is 2. The number of aromatic nitrogens is 2. The van der Waals surface area contributed by atoms with E-state index in [4.69, 9.17) is 4.74 Å². The molecule has 7 heteroatoms. The third-order valence-corrected chi connectivity index (χ3v) is 3.26. The topological polar surface area (TPSA) is 105 Å². The van der Waals surface area contributed by atoms with Crippen molar-refractivity contribution in [1.29, 1.82) is 0 Å². The van der Waals surface area contributed by atoms with Crippen molar-refractivity contribution < 1.29 is 14.9 Å². The van der Waals surface area contributed by atoms with Crippen LogP contribution >= 0.6 is 0 Å². The minimum Gasteiger partial charge on any atom is -0.387 e. The number of aliphatic hydroxyl groups excluding tert-OH is 1. The molecule has 0 bridgehead atoms. The van der Waals surface area contributed by atoms with E-state index in [2.05, 4.69) is 4.98 Å². The number of H-pyrrole nitrogens is 1. The molecule has 0 aliphatic carbocycles. The first-order valence-corrected chi connectivity index (χ1v) is 5.75. The molecule has 0 amide bonds. The van der Waals surface area contributed by atoms with E-state index in [-0.39, 0.29) is 0 Å². The minimum absolute atomic E-state index is 0.506. The van der Waals surface area contributed by atoms with Crippen LogP contribution in [0, 0.1) is 0 Å². The van der Waals surface area contributed by atoms with Gasteiger partial charge in [0.2, 0.25) is 0 Å². The van der Waals surface area contributed by atoms with Crippen molar-refractivity contribution in [3.05, 3.63) is 33.1 Å². The van der Waals surface area contributed by atoms with Gasteiger partial charge in [0, 0.05) is 12.3 Å². The molecule has 1 aromatic rings. The highest BCUT2D eigenvalue weighted by Crippen LogP contribution is 2.38. The van der Waals surface area contributed by atoms with Crippen LogP contribution in [0.4, 0.5) is 0 Å². The predicted molar refractivity (Wildman–Crippen MR) is 62.2 cm³/mol. The van der Waals surface area contributed by atoms with Gasteiger partial charge in [-0.3, -0.25) is 14.3 Å². The summed E-state index contributed by atoms with van der Waals surface area (Å²) in [5.74, 6) is 0. The molecule has 7 nitrogen and oxygen atoms in total. The van der Waals surface area contributed by atoms with Crippen molar-refractivity contribution in [1.82, 2.24) is 9.55 Å². The zero-order valence-corrected chi connectivity index (χ0v) is 10.2. The van der Waals surface area contributed by atoms with Crippen molar-refractivity contribution in [2.45, 2.75) is 44.3 Å². The average Bonchev–Trinajstić information content (AvgIpc) is 2.52. The van der Waals surface area contributed by atoms with Crippen LogP contribution in [-0.4, -0.2) is 37.6 Å². The maximum atomic E-state index is 11.7. The van der Waals surface area contributed by atoms with Crippen LogP contribution in [0.1, 0.15) is 26.5 Å². The van der Waals surface area contributed by atoms with Gasteiger partial charge in [0.1, 0.15) is 11.7 Å². The Balaban J connectivity index is 2.45. The summed E-state index contributed by atoms with van der Waals surface area (Å²) in [5.41, 5.74) is -2.80. The van der Waals surface area contributed by atoms with Gasteiger partial charge in [-0.05, 0) is 13.3 Å². The molecule has 1 aromatic heterocycles. The summed E-state index contributed by atoms with van der Waals surface area (Å²) in [4.78, 5) is 24.7. The van der Waals surface area contributed by atoms with Crippen LogP contribution in [-0.2, 0) is 4.74 Å². The molecule has 18 heavy (non-hydrogen) atoms. The Hall–Kier alpha value is -1.44. The van der Waals surface area contributed by atoms with Crippen LogP contribution in [0.3, 0.4) is 0 Å². The highest BCUT2D eigenvalue weighted by molar-refractivity contribution is 5.00. The molecule has 3 N–H and O–H groups in total. The van der Waals surface area contributed by atoms with Crippen LogP contribution in [0.5, 0.6) is 0 Å². The molecular formula is C11H16N2O5. The van der Waals surface area contributed by atoms with Gasteiger partial charge >= 0.3 is 5.69 Å². The van der Waals surface area contributed by atoms with Crippen LogP contribution in [0.2, 0.25) is 0 Å². The Kier molecular flexibility index (Phi) is 3.14. The van der Waals surface area contributed by atoms with Gasteiger partial charge in [0.25, 0.3) is 5.56 Å². The highest BCUT2D eigenvalue weighted by Gasteiger charge is 2.52. The molecule has 0 saturated carbocycles. The molecule has 1 saturated heterocycles. The molecule has 0 radical (unpaired) electrons. The molecule has 1 aliphatic heterocycles. The molecule has 0 aromatic carbocycles. The fourth-order valence-corrected chi connectivity index (χ4v) is 2.18. The fourth-order valence-electron chi connectivity index (χ4n) is 2.18. The van der Waals surface area contributed by atoms with E-state index in [9.17, 15) is 19.8 Å². The van der Waals surface area contributed by atoms with Crippen LogP contribution < -0.4 is 11.2 Å². The number of hydrogen-bond acceptors (Lipinski definition) is 5. The lowest BCUT2D eigenvalue weighted by molar-refractivity contribution is -0.0975. The third kappa shape index (κ3) is 1.90. The lowest BCUT2D eigenvalue weighted by atomic mass is 9.95. The van der Waals surface area contributed by atoms with E-state index in [1.807, 2.05) is 6.92 Å². The van der Waals surface area contributed by atoms with E-state index in [1.54, 1.807) is 0 Å². The van der Waals surface area contributed by atoms with Gasteiger partial charge in [-0.25, -0.2) is 4.79 Å². The monoisotopic (exact) mass is 256 g/mol. The molecule has 0 spiro atoms. The lowest BCUT2D eigenvalue weighted by Gasteiger charge is -2.27. The van der Waals surface area contributed by atoms with E-state index >= 15 is 0 Å². The van der Waals surface area contributed by atoms with Crippen molar-refractivity contribution in [2.75, 3.05) is 0 Å². The number of aliphatic hydroxyl groups is 2. The Morgan fingerprint density at radius 2 is 2.22 bits per heavy atom. The first kappa shape index (κ1) is 13.0. The summed E-state index contributed by atoms with van der Waals surface area (Å²) in [6.07, 6.45) is -0.922. The minimum atomic E-state index is -1.59. The van der Waals surface area contributed by atoms with Crippen molar-refractivity contribution in [3.8, 4) is 0 Å². The second kappa shape index (κ2) is 4.34. The Morgan fingerprint density at radius 1 is 1.56 bits per heavy atom. The van der Waals surface area contributed by atoms with E-state index in [0.717, 1.165) is 10.6 Å². The van der Waals surface area contributed by atoms with E-state index < -0.39 is 35.3 Å². The zero-order chi connectivity index (χ0) is 13.5. The average molecular weight is 256 g/mol. The smallest absolute Gasteiger partial charge is 0.330 e. The maximum absolute atomic E-state index is 11.7. The Labute approximate surface area is 103 Å². The van der Waals surface area contributed by atoms with E-state index in [1.165, 1.54) is 13.1 Å². The standard InChI is InChI=1S/C11H16N2O5/c1-3-6-8(15)11(2,17)9(18-6)13-5-4-7(14)12-10(13)16/h4-6,8-9,15,17H,3H2,1-2H3,(H,12,14,16). The highest BCUT2D eigenvalue weighted by atomic mass is 16.6. The molecule has 2 rings (SSSR count). The number of nitrogens with zero attached hydrogens (tertiary/aromatic N) is 1. The molecule has 4 atom stereocenters. The van der Waals surface area contributed by atoms with Crippen molar-refractivity contribution in [2.24, 2.45) is 0 Å². The van der Waals surface area contributed by atoms with Gasteiger partial charge in [0.05, 0.1) is 6.10 Å². The second-order valence-corrected chi connectivity index (χ2v) is 4.62. The van der Waals surface area contributed by atoms with Crippen molar-refractivity contribution in [3.63, 3.8) is 0 Å². The fraction of sp³-hybridized carbons (Fsp3) is 0.636. The molecule has 4 unspecified atom stereocenters. The summed E-state index contributed by atoms with van der Waals surface area (Å²) in [7, 11) is 0. The summed E-state index contributed by atoms with van der Waals surface area (Å²) in [6.45, 7) is 3.21. The van der Waals surface area contributed by atoms with Crippen LogP contribution in [0.15, 0.2) is 21.9 Å². The summed E-state index contributed by atoms with van der Waals surface area (Å²) >= 11 is 0. The molecule has 1 aliphatic rings. The maximum Gasteiger partial charge on any atom is 0.330 e. The SMILES string of the molecule is CCC1OC(n2ccc(=O)[nH]c2=O)C(C)(O)C1O. The van der Waals surface area contributed by atoms with Gasteiger partial charge in [-0.2, -0.15) is 0 Å². The molecular weight excluding hydrogens is 240 g/mol. The van der Waals surface area contributed by atoms with Crippen molar-refractivity contribution >= 4 is 0 Å². The Morgan fingerprint density at radius 3 is 2.72 bits per heavy atom. The Bertz CT molecular complexity index is 547.